The predicted molar refractivity (Wildman–Crippen MR) is 99.9 cm³/mol. The molecule has 1 heterocycles. The monoisotopic (exact) mass is 332 g/mol. The van der Waals surface area contributed by atoms with Gasteiger partial charge >= 0.3 is 0 Å². The second-order valence-electron chi connectivity index (χ2n) is 5.78. The summed E-state index contributed by atoms with van der Waals surface area (Å²) >= 11 is 0. The van der Waals surface area contributed by atoms with Crippen molar-refractivity contribution in [2.45, 2.75) is 19.8 Å². The summed E-state index contributed by atoms with van der Waals surface area (Å²) in [4.78, 5) is 20.4. The van der Waals surface area contributed by atoms with E-state index in [0.717, 1.165) is 34.9 Å². The molecule has 2 N–H and O–H groups in total. The Kier molecular flexibility index (Phi) is 5.36. The number of anilines is 3. The van der Waals surface area contributed by atoms with Gasteiger partial charge in [-0.3, -0.25) is 4.79 Å². The Hall–Kier alpha value is -3.21. The highest BCUT2D eigenvalue weighted by atomic mass is 16.1. The fourth-order valence-corrected chi connectivity index (χ4v) is 2.47. The largest absolute Gasteiger partial charge is 0.340 e. The standard InChI is InChI=1S/C20H20N4O/c1-15-12-19(22-14-21-15)23-17-8-5-9-18(13-17)24-20(25)11-10-16-6-3-2-4-7-16/h2-9,12-14H,10-11H2,1H3,(H,24,25)(H,21,22,23). The molecule has 0 saturated heterocycles. The third-order valence-corrected chi connectivity index (χ3v) is 3.71. The third-order valence-electron chi connectivity index (χ3n) is 3.71. The number of amides is 1. The van der Waals surface area contributed by atoms with Crippen LogP contribution in [0.2, 0.25) is 0 Å². The van der Waals surface area contributed by atoms with Gasteiger partial charge in [-0.1, -0.05) is 36.4 Å². The summed E-state index contributed by atoms with van der Waals surface area (Å²) < 4.78 is 0. The molecule has 5 nitrogen and oxygen atoms in total. The highest BCUT2D eigenvalue weighted by Crippen LogP contribution is 2.19. The molecule has 0 bridgehead atoms. The van der Waals surface area contributed by atoms with Gasteiger partial charge in [0, 0.05) is 29.6 Å². The van der Waals surface area contributed by atoms with Gasteiger partial charge in [-0.2, -0.15) is 0 Å². The van der Waals surface area contributed by atoms with E-state index in [4.69, 9.17) is 0 Å². The summed E-state index contributed by atoms with van der Waals surface area (Å²) in [7, 11) is 0. The first-order chi connectivity index (χ1) is 12.2. The number of carbonyl (C=O) groups is 1. The van der Waals surface area contributed by atoms with Crippen molar-refractivity contribution in [1.29, 1.82) is 0 Å². The molecule has 0 unspecified atom stereocenters. The molecule has 2 aromatic carbocycles. The van der Waals surface area contributed by atoms with Gasteiger partial charge in [-0.25, -0.2) is 9.97 Å². The number of nitrogens with zero attached hydrogens (tertiary/aromatic N) is 2. The summed E-state index contributed by atoms with van der Waals surface area (Å²) in [6, 6.07) is 19.4. The number of aryl methyl sites for hydroxylation is 2. The van der Waals surface area contributed by atoms with Crippen LogP contribution in [0.3, 0.4) is 0 Å². The summed E-state index contributed by atoms with van der Waals surface area (Å²) in [6.07, 6.45) is 2.70. The number of rotatable bonds is 6. The summed E-state index contributed by atoms with van der Waals surface area (Å²) in [5.41, 5.74) is 3.67. The number of nitrogens with one attached hydrogen (secondary N) is 2. The first-order valence-corrected chi connectivity index (χ1v) is 8.18. The van der Waals surface area contributed by atoms with Crippen LogP contribution in [0.15, 0.2) is 67.0 Å². The van der Waals surface area contributed by atoms with Gasteiger partial charge in [-0.05, 0) is 37.1 Å². The average Bonchev–Trinajstić information content (AvgIpc) is 2.61. The maximum Gasteiger partial charge on any atom is 0.224 e. The fraction of sp³-hybridized carbons (Fsp3) is 0.150. The molecule has 0 aliphatic heterocycles. The summed E-state index contributed by atoms with van der Waals surface area (Å²) in [6.45, 7) is 1.91. The quantitative estimate of drug-likeness (QED) is 0.713. The van der Waals surface area contributed by atoms with Gasteiger partial charge in [0.15, 0.2) is 0 Å². The smallest absolute Gasteiger partial charge is 0.224 e. The number of hydrogen-bond acceptors (Lipinski definition) is 4. The van der Waals surface area contributed by atoms with E-state index in [0.29, 0.717) is 6.42 Å². The fourth-order valence-electron chi connectivity index (χ4n) is 2.47. The van der Waals surface area contributed by atoms with Crippen molar-refractivity contribution in [3.63, 3.8) is 0 Å². The first-order valence-electron chi connectivity index (χ1n) is 8.18. The van der Waals surface area contributed by atoms with Crippen LogP contribution in [0.25, 0.3) is 0 Å². The van der Waals surface area contributed by atoms with Crippen LogP contribution in [0.1, 0.15) is 17.7 Å². The topological polar surface area (TPSA) is 66.9 Å². The molecule has 0 spiro atoms. The molecule has 3 aromatic rings. The minimum Gasteiger partial charge on any atom is -0.340 e. The Balaban J connectivity index is 1.58. The van der Waals surface area contributed by atoms with E-state index in [1.54, 1.807) is 0 Å². The predicted octanol–water partition coefficient (Wildman–Crippen LogP) is 4.10. The maximum atomic E-state index is 12.1. The molecule has 126 valence electrons. The molecule has 3 rings (SSSR count). The Labute approximate surface area is 147 Å². The molecule has 0 radical (unpaired) electrons. The average molecular weight is 332 g/mol. The van der Waals surface area contributed by atoms with E-state index in [2.05, 4.69) is 20.6 Å². The second kappa shape index (κ2) is 8.06. The minimum absolute atomic E-state index is 0.00103. The Morgan fingerprint density at radius 3 is 2.56 bits per heavy atom. The Bertz CT molecular complexity index is 849. The van der Waals surface area contributed by atoms with Crippen LogP contribution in [0.5, 0.6) is 0 Å². The lowest BCUT2D eigenvalue weighted by atomic mass is 10.1. The molecular weight excluding hydrogens is 312 g/mol. The van der Waals surface area contributed by atoms with Crippen molar-refractivity contribution >= 4 is 23.1 Å². The Morgan fingerprint density at radius 1 is 0.960 bits per heavy atom. The van der Waals surface area contributed by atoms with Crippen molar-refractivity contribution in [1.82, 2.24) is 9.97 Å². The lowest BCUT2D eigenvalue weighted by molar-refractivity contribution is -0.116. The summed E-state index contributed by atoms with van der Waals surface area (Å²) in [5, 5.41) is 6.15. The van der Waals surface area contributed by atoms with Crippen molar-refractivity contribution < 1.29 is 4.79 Å². The number of aromatic nitrogens is 2. The van der Waals surface area contributed by atoms with Gasteiger partial charge in [0.25, 0.3) is 0 Å². The molecule has 1 aromatic heterocycles. The molecule has 0 fully saturated rings. The van der Waals surface area contributed by atoms with Gasteiger partial charge in [0.1, 0.15) is 12.1 Å². The first kappa shape index (κ1) is 16.6. The van der Waals surface area contributed by atoms with Crippen LogP contribution in [-0.4, -0.2) is 15.9 Å². The Morgan fingerprint density at radius 2 is 1.76 bits per heavy atom. The summed E-state index contributed by atoms with van der Waals surface area (Å²) in [5.74, 6) is 0.721. The van der Waals surface area contributed by atoms with Gasteiger partial charge in [0.05, 0.1) is 0 Å². The van der Waals surface area contributed by atoms with Crippen LogP contribution in [0, 0.1) is 6.92 Å². The lowest BCUT2D eigenvalue weighted by Gasteiger charge is -2.09. The van der Waals surface area contributed by atoms with E-state index in [9.17, 15) is 4.79 Å². The zero-order chi connectivity index (χ0) is 17.5. The molecule has 0 aliphatic carbocycles. The van der Waals surface area contributed by atoms with Crippen molar-refractivity contribution in [3.05, 3.63) is 78.2 Å². The van der Waals surface area contributed by atoms with Crippen LogP contribution < -0.4 is 10.6 Å². The van der Waals surface area contributed by atoms with Gasteiger partial charge < -0.3 is 10.6 Å². The molecule has 25 heavy (non-hydrogen) atoms. The van der Waals surface area contributed by atoms with Crippen LogP contribution >= 0.6 is 0 Å². The van der Waals surface area contributed by atoms with Crippen molar-refractivity contribution in [2.75, 3.05) is 10.6 Å². The zero-order valence-electron chi connectivity index (χ0n) is 14.1. The minimum atomic E-state index is -0.00103. The van der Waals surface area contributed by atoms with Crippen LogP contribution in [0.4, 0.5) is 17.2 Å². The molecule has 0 aliphatic rings. The second-order valence-corrected chi connectivity index (χ2v) is 5.78. The molecule has 0 saturated carbocycles. The highest BCUT2D eigenvalue weighted by Gasteiger charge is 2.04. The zero-order valence-corrected chi connectivity index (χ0v) is 14.1. The molecule has 5 heteroatoms. The van der Waals surface area contributed by atoms with E-state index in [-0.39, 0.29) is 5.91 Å². The maximum absolute atomic E-state index is 12.1. The number of carbonyl (C=O) groups excluding carboxylic acids is 1. The van der Waals surface area contributed by atoms with Crippen LogP contribution in [-0.2, 0) is 11.2 Å². The normalized spacial score (nSPS) is 10.3. The molecule has 0 atom stereocenters. The molecule has 1 amide bonds. The number of benzene rings is 2. The van der Waals surface area contributed by atoms with E-state index in [1.807, 2.05) is 67.6 Å². The SMILES string of the molecule is Cc1cc(Nc2cccc(NC(=O)CCc3ccccc3)c2)ncn1. The van der Waals surface area contributed by atoms with Gasteiger partial charge in [0.2, 0.25) is 5.91 Å². The highest BCUT2D eigenvalue weighted by molar-refractivity contribution is 5.91. The number of hydrogen-bond donors (Lipinski definition) is 2. The molecular formula is C20H20N4O. The lowest BCUT2D eigenvalue weighted by Crippen LogP contribution is -2.12. The third kappa shape index (κ3) is 5.14. The van der Waals surface area contributed by atoms with Crippen molar-refractivity contribution in [2.24, 2.45) is 0 Å². The van der Waals surface area contributed by atoms with E-state index < -0.39 is 0 Å². The van der Waals surface area contributed by atoms with E-state index in [1.165, 1.54) is 6.33 Å². The van der Waals surface area contributed by atoms with E-state index >= 15 is 0 Å². The van der Waals surface area contributed by atoms with Gasteiger partial charge in [-0.15, -0.1) is 0 Å². The van der Waals surface area contributed by atoms with Crippen molar-refractivity contribution in [3.8, 4) is 0 Å².